The summed E-state index contributed by atoms with van der Waals surface area (Å²) in [7, 11) is 0. The summed E-state index contributed by atoms with van der Waals surface area (Å²) >= 11 is 0. The first kappa shape index (κ1) is 33.5. The number of hydrogen-bond donors (Lipinski definition) is 0. The second-order valence-corrected chi connectivity index (χ2v) is 10.3. The van der Waals surface area contributed by atoms with Crippen LogP contribution in [0.25, 0.3) is 22.3 Å². The number of fused-ring (bicyclic) bond motifs is 6. The predicted octanol–water partition coefficient (Wildman–Crippen LogP) is 7.24. The molecule has 0 amide bonds. The van der Waals surface area contributed by atoms with Crippen LogP contribution in [0.15, 0.2) is 122 Å². The fourth-order valence-corrected chi connectivity index (χ4v) is 5.50. The monoisotopic (exact) mass is 944 g/mol. The van der Waals surface area contributed by atoms with Crippen molar-refractivity contribution in [3.05, 3.63) is 180 Å². The van der Waals surface area contributed by atoms with Crippen molar-refractivity contribution in [2.45, 2.75) is 19.3 Å². The molecule has 224 valence electrons. The molecule has 0 unspecified atom stereocenters. The van der Waals surface area contributed by atoms with Gasteiger partial charge in [-0.15, -0.1) is 35.4 Å². The zero-order valence-corrected chi connectivity index (χ0v) is 28.4. The third kappa shape index (κ3) is 8.03. The van der Waals surface area contributed by atoms with Gasteiger partial charge in [0.1, 0.15) is 12.7 Å². The van der Waals surface area contributed by atoms with Gasteiger partial charge < -0.3 is 12.8 Å². The number of rotatable bonds is 2. The fraction of sp³-hybridized carbons (Fsp3) is 0.0769. The molecule has 4 aromatic carbocycles. The zero-order chi connectivity index (χ0) is 29.4. The van der Waals surface area contributed by atoms with E-state index in [9.17, 15) is 0 Å². The Balaban J connectivity index is 0.000000151. The van der Waals surface area contributed by atoms with Crippen molar-refractivity contribution in [3.8, 4) is 34.1 Å². The van der Waals surface area contributed by atoms with E-state index in [1.54, 1.807) is 24.8 Å². The summed E-state index contributed by atoms with van der Waals surface area (Å²) in [5.74, 6) is 4.87. The van der Waals surface area contributed by atoms with Crippen LogP contribution in [0.5, 0.6) is 0 Å². The van der Waals surface area contributed by atoms with Gasteiger partial charge in [-0.05, 0) is 62.9 Å². The summed E-state index contributed by atoms with van der Waals surface area (Å²) in [6, 6.07) is 29.2. The molecule has 0 atom stereocenters. The van der Waals surface area contributed by atoms with Crippen molar-refractivity contribution in [2.75, 3.05) is 0 Å². The van der Waals surface area contributed by atoms with Crippen LogP contribution in [0.4, 0.5) is 0 Å². The Morgan fingerprint density at radius 2 is 0.933 bits per heavy atom. The molecule has 2 heterocycles. The number of benzene rings is 4. The molecule has 0 bridgehead atoms. The molecule has 6 heteroatoms. The minimum Gasteiger partial charge on any atom is -0.366 e. The van der Waals surface area contributed by atoms with Gasteiger partial charge in [-0.3, -0.25) is 11.8 Å². The minimum atomic E-state index is 0. The van der Waals surface area contributed by atoms with E-state index in [1.807, 2.05) is 18.2 Å². The topological polar surface area (TPSA) is 51.6 Å². The molecule has 0 N–H and O–H groups in total. The van der Waals surface area contributed by atoms with Crippen LogP contribution in [0, 0.1) is 24.7 Å². The molecule has 8 rings (SSSR count). The van der Waals surface area contributed by atoms with Crippen molar-refractivity contribution >= 4 is 0 Å². The van der Waals surface area contributed by atoms with Gasteiger partial charge in [0.05, 0.1) is 0 Å². The largest absolute Gasteiger partial charge is 1.00 e. The molecule has 2 aliphatic rings. The quantitative estimate of drug-likeness (QED) is 0.104. The standard InChI is InChI=1S/2C15H9.C9H8N4.2Au/c1-2-11-7-8-15-13(9-11)10-12-5-3-4-6-14(12)15;1-2-11-7-8-13-10-12-5-3-4-6-14(12)15(13)9-11;1(8-2-10-6-11-3-8)9-4-12-7-13-5-9;;/h2*3-9H,10H2;2-7H,1H2;;/q2*-1;;2*+1. The number of nitrogens with zero attached hydrogens (tertiary/aromatic N) is 4. The average Bonchev–Trinajstić information content (AvgIpc) is 3.63. The molecule has 4 nitrogen and oxygen atoms in total. The maximum Gasteiger partial charge on any atom is 1.00 e. The zero-order valence-electron chi connectivity index (χ0n) is 24.1. The Morgan fingerprint density at radius 1 is 0.489 bits per heavy atom. The van der Waals surface area contributed by atoms with Crippen molar-refractivity contribution in [2.24, 2.45) is 0 Å². The molecule has 2 aromatic heterocycles. The summed E-state index contributed by atoms with van der Waals surface area (Å²) in [5, 5.41) is 0. The molecular formula is C39H26Au2N4. The molecule has 45 heavy (non-hydrogen) atoms. The minimum absolute atomic E-state index is 0. The molecule has 6 aromatic rings. The van der Waals surface area contributed by atoms with Crippen LogP contribution in [0.1, 0.15) is 44.5 Å². The van der Waals surface area contributed by atoms with Gasteiger partial charge in [0.2, 0.25) is 0 Å². The van der Waals surface area contributed by atoms with Gasteiger partial charge in [-0.2, -0.15) is 0 Å². The second-order valence-electron chi connectivity index (χ2n) is 10.3. The van der Waals surface area contributed by atoms with E-state index in [-0.39, 0.29) is 44.8 Å². The summed E-state index contributed by atoms with van der Waals surface area (Å²) in [6.45, 7) is 0. The Hall–Kier alpha value is -4.36. The van der Waals surface area contributed by atoms with Crippen LogP contribution in [0.3, 0.4) is 0 Å². The SMILES string of the molecule is [Au+].[Au+].[C-]#Cc1ccc2c(c1)-c1ccccc1C2.[C-]#Cc1ccc2c(c1)Cc1ccccc1-2.c1ncc(Cc2cncnc2)cn1. The molecule has 2 aliphatic carbocycles. The van der Waals surface area contributed by atoms with Gasteiger partial charge in [0.25, 0.3) is 0 Å². The Kier molecular flexibility index (Phi) is 12.0. The van der Waals surface area contributed by atoms with Crippen LogP contribution in [0.2, 0.25) is 0 Å². The van der Waals surface area contributed by atoms with Crippen molar-refractivity contribution in [3.63, 3.8) is 0 Å². The van der Waals surface area contributed by atoms with Gasteiger partial charge in [-0.25, -0.2) is 19.9 Å². The molecule has 0 aliphatic heterocycles. The Morgan fingerprint density at radius 3 is 1.51 bits per heavy atom. The van der Waals surface area contributed by atoms with Gasteiger partial charge in [-0.1, -0.05) is 66.2 Å². The van der Waals surface area contributed by atoms with Gasteiger partial charge >= 0.3 is 44.8 Å². The summed E-state index contributed by atoms with van der Waals surface area (Å²) in [5.41, 5.74) is 14.5. The smallest absolute Gasteiger partial charge is 0.366 e. The number of aromatic nitrogens is 4. The first-order valence-corrected chi connectivity index (χ1v) is 14.0. The van der Waals surface area contributed by atoms with Gasteiger partial charge in [0, 0.05) is 31.2 Å². The summed E-state index contributed by atoms with van der Waals surface area (Å²) in [6.07, 6.45) is 27.2. The predicted molar refractivity (Wildman–Crippen MR) is 169 cm³/mol. The van der Waals surface area contributed by atoms with Crippen molar-refractivity contribution in [1.29, 1.82) is 0 Å². The van der Waals surface area contributed by atoms with Crippen LogP contribution >= 0.6 is 0 Å². The van der Waals surface area contributed by atoms with E-state index in [4.69, 9.17) is 12.8 Å². The van der Waals surface area contributed by atoms with E-state index in [1.165, 1.54) is 57.2 Å². The van der Waals surface area contributed by atoms with Crippen molar-refractivity contribution in [1.82, 2.24) is 19.9 Å². The third-order valence-electron chi connectivity index (χ3n) is 7.52. The van der Waals surface area contributed by atoms with Crippen LogP contribution < -0.4 is 0 Å². The molecule has 0 saturated heterocycles. The second kappa shape index (κ2) is 16.1. The van der Waals surface area contributed by atoms with E-state index >= 15 is 0 Å². The first-order chi connectivity index (χ1) is 21.2. The van der Waals surface area contributed by atoms with Crippen molar-refractivity contribution < 1.29 is 44.8 Å². The number of hydrogen-bond acceptors (Lipinski definition) is 4. The van der Waals surface area contributed by atoms with E-state index in [0.29, 0.717) is 0 Å². The normalized spacial score (nSPS) is 10.6. The molecule has 0 radical (unpaired) electrons. The maximum atomic E-state index is 7.14. The maximum absolute atomic E-state index is 7.14. The average molecular weight is 945 g/mol. The Bertz CT molecular complexity index is 1940. The fourth-order valence-electron chi connectivity index (χ4n) is 5.50. The first-order valence-electron chi connectivity index (χ1n) is 14.0. The van der Waals surface area contributed by atoms with Crippen LogP contribution in [-0.4, -0.2) is 19.9 Å². The third-order valence-corrected chi connectivity index (χ3v) is 7.52. The van der Waals surface area contributed by atoms with E-state index < -0.39 is 0 Å². The molecule has 0 fully saturated rings. The molecule has 0 spiro atoms. The van der Waals surface area contributed by atoms with E-state index in [2.05, 4.69) is 98.5 Å². The molecule has 0 saturated carbocycles. The summed E-state index contributed by atoms with van der Waals surface area (Å²) in [4.78, 5) is 15.7. The Labute approximate surface area is 295 Å². The van der Waals surface area contributed by atoms with E-state index in [0.717, 1.165) is 41.5 Å². The summed E-state index contributed by atoms with van der Waals surface area (Å²) < 4.78 is 0. The van der Waals surface area contributed by atoms with Gasteiger partial charge in [0.15, 0.2) is 0 Å². The molecular weight excluding hydrogens is 918 g/mol. The van der Waals surface area contributed by atoms with Crippen LogP contribution in [-0.2, 0) is 64.0 Å².